The molecule has 0 bridgehead atoms. The molecule has 2 atom stereocenters. The smallest absolute Gasteiger partial charge is 0.416 e. The van der Waals surface area contributed by atoms with Gasteiger partial charge in [-0.15, -0.1) is 0 Å². The number of anilines is 1. The predicted octanol–water partition coefficient (Wildman–Crippen LogP) is 3.06. The summed E-state index contributed by atoms with van der Waals surface area (Å²) in [7, 11) is -3.46. The zero-order chi connectivity index (χ0) is 22.6. The first-order valence-corrected chi connectivity index (χ1v) is 11.6. The number of carboxylic acids is 1. The van der Waals surface area contributed by atoms with E-state index in [1.165, 1.54) is 21.7 Å². The van der Waals surface area contributed by atoms with Gasteiger partial charge < -0.3 is 10.0 Å². The normalized spacial score (nSPS) is 22.1. The largest absolute Gasteiger partial charge is 0.480 e. The van der Waals surface area contributed by atoms with Crippen LogP contribution in [0.25, 0.3) is 5.69 Å². The molecule has 0 amide bonds. The zero-order valence-electron chi connectivity index (χ0n) is 16.7. The quantitative estimate of drug-likeness (QED) is 0.717. The van der Waals surface area contributed by atoms with Crippen molar-refractivity contribution in [2.45, 2.75) is 43.7 Å². The summed E-state index contributed by atoms with van der Waals surface area (Å²) in [6.45, 7) is 1.68. The second kappa shape index (κ2) is 7.54. The Labute approximate surface area is 177 Å². The van der Waals surface area contributed by atoms with Crippen LogP contribution in [-0.2, 0) is 20.8 Å². The topological polar surface area (TPSA) is 92.5 Å². The number of rotatable bonds is 6. The van der Waals surface area contributed by atoms with Crippen molar-refractivity contribution < 1.29 is 31.5 Å². The average molecular weight is 457 g/mol. The lowest BCUT2D eigenvalue weighted by Gasteiger charge is -2.24. The molecule has 1 saturated heterocycles. The Morgan fingerprint density at radius 1 is 1.23 bits per heavy atom. The van der Waals surface area contributed by atoms with E-state index in [-0.39, 0.29) is 24.6 Å². The minimum absolute atomic E-state index is 0.00219. The van der Waals surface area contributed by atoms with E-state index >= 15 is 0 Å². The Bertz CT molecular complexity index is 1090. The molecule has 1 aliphatic heterocycles. The molecule has 1 saturated carbocycles. The van der Waals surface area contributed by atoms with Gasteiger partial charge in [0.05, 0.1) is 27.9 Å². The van der Waals surface area contributed by atoms with Gasteiger partial charge in [-0.1, -0.05) is 0 Å². The van der Waals surface area contributed by atoms with Crippen LogP contribution in [0.5, 0.6) is 0 Å². The summed E-state index contributed by atoms with van der Waals surface area (Å²) in [5.74, 6) is -0.590. The van der Waals surface area contributed by atoms with Crippen LogP contribution < -0.4 is 4.90 Å². The van der Waals surface area contributed by atoms with Crippen molar-refractivity contribution in [1.29, 1.82) is 0 Å². The van der Waals surface area contributed by atoms with E-state index in [0.717, 1.165) is 25.0 Å². The van der Waals surface area contributed by atoms with E-state index in [9.17, 15) is 31.5 Å². The van der Waals surface area contributed by atoms with E-state index in [1.807, 2.05) is 0 Å². The van der Waals surface area contributed by atoms with Gasteiger partial charge in [0.15, 0.2) is 9.84 Å². The van der Waals surface area contributed by atoms with E-state index in [2.05, 4.69) is 5.10 Å². The fourth-order valence-electron chi connectivity index (χ4n) is 3.97. The van der Waals surface area contributed by atoms with Crippen LogP contribution in [0.2, 0.25) is 0 Å². The number of benzene rings is 1. The molecule has 2 heterocycles. The van der Waals surface area contributed by atoms with E-state index < -0.39 is 38.8 Å². The second-order valence-electron chi connectivity index (χ2n) is 8.24. The maximum atomic E-state index is 12.9. The van der Waals surface area contributed by atoms with Crippen LogP contribution in [0.1, 0.15) is 30.5 Å². The van der Waals surface area contributed by atoms with Gasteiger partial charge in [-0.05, 0) is 56.4 Å². The standard InChI is InChI=1S/C20H22F3N3O4S/c1-12-8-18(26(24-12)15-6-4-14(5-7-15)20(21,22)23)25-10-16(9-17(25)19(27)28)31(29,30)11-13-2-3-13/h4-8,13,16-17H,2-3,9-11H2,1H3,(H,27,28). The van der Waals surface area contributed by atoms with Crippen molar-refractivity contribution in [3.63, 3.8) is 0 Å². The molecule has 0 radical (unpaired) electrons. The maximum Gasteiger partial charge on any atom is 0.416 e. The number of nitrogens with zero attached hydrogens (tertiary/aromatic N) is 3. The molecule has 1 aliphatic carbocycles. The number of carboxylic acid groups (broad SMARTS) is 1. The number of hydrogen-bond acceptors (Lipinski definition) is 5. The summed E-state index contributed by atoms with van der Waals surface area (Å²) in [6.07, 6.45) is -2.77. The molecule has 0 spiro atoms. The van der Waals surface area contributed by atoms with Crippen LogP contribution >= 0.6 is 0 Å². The number of carbonyl (C=O) groups is 1. The van der Waals surface area contributed by atoms with E-state index in [0.29, 0.717) is 17.2 Å². The fourth-order valence-corrected chi connectivity index (χ4v) is 6.09. The molecular formula is C20H22F3N3O4S. The van der Waals surface area contributed by atoms with Gasteiger partial charge >= 0.3 is 12.1 Å². The van der Waals surface area contributed by atoms with Crippen molar-refractivity contribution in [3.8, 4) is 5.69 Å². The molecule has 2 fully saturated rings. The molecule has 2 aliphatic rings. The Kier molecular flexibility index (Phi) is 5.27. The van der Waals surface area contributed by atoms with Crippen LogP contribution in [0.4, 0.5) is 19.0 Å². The molecule has 4 rings (SSSR count). The molecule has 1 N–H and O–H groups in total. The molecular weight excluding hydrogens is 435 g/mol. The lowest BCUT2D eigenvalue weighted by molar-refractivity contribution is -0.138. The number of aryl methyl sites for hydroxylation is 1. The van der Waals surface area contributed by atoms with Crippen molar-refractivity contribution in [2.75, 3.05) is 17.2 Å². The lowest BCUT2D eigenvalue weighted by Crippen LogP contribution is -2.37. The van der Waals surface area contributed by atoms with Crippen molar-refractivity contribution in [2.24, 2.45) is 5.92 Å². The third-order valence-electron chi connectivity index (χ3n) is 5.77. The summed E-state index contributed by atoms with van der Waals surface area (Å²) < 4.78 is 65.6. The first-order valence-electron chi connectivity index (χ1n) is 9.91. The first-order chi connectivity index (χ1) is 14.5. The fraction of sp³-hybridized carbons (Fsp3) is 0.500. The molecule has 2 unspecified atom stereocenters. The molecule has 11 heteroatoms. The van der Waals surface area contributed by atoms with Crippen LogP contribution in [0.3, 0.4) is 0 Å². The first kappa shape index (κ1) is 21.7. The Morgan fingerprint density at radius 2 is 1.87 bits per heavy atom. The van der Waals surface area contributed by atoms with Crippen molar-refractivity contribution in [1.82, 2.24) is 9.78 Å². The highest BCUT2D eigenvalue weighted by molar-refractivity contribution is 7.92. The highest BCUT2D eigenvalue weighted by Crippen LogP contribution is 2.36. The highest BCUT2D eigenvalue weighted by atomic mass is 32.2. The van der Waals surface area contributed by atoms with Crippen LogP contribution in [0.15, 0.2) is 30.3 Å². The maximum absolute atomic E-state index is 12.9. The number of halogens is 3. The number of aliphatic carboxylic acids is 1. The van der Waals surface area contributed by atoms with Gasteiger partial charge in [0, 0.05) is 12.6 Å². The zero-order valence-corrected chi connectivity index (χ0v) is 17.5. The lowest BCUT2D eigenvalue weighted by atomic mass is 10.2. The average Bonchev–Trinajstić information content (AvgIpc) is 3.21. The summed E-state index contributed by atoms with van der Waals surface area (Å²) in [4.78, 5) is 13.4. The van der Waals surface area contributed by atoms with Crippen LogP contribution in [-0.4, -0.2) is 52.9 Å². The summed E-state index contributed by atoms with van der Waals surface area (Å²) in [6, 6.07) is 4.92. The van der Waals surface area contributed by atoms with Gasteiger partial charge in [-0.3, -0.25) is 0 Å². The summed E-state index contributed by atoms with van der Waals surface area (Å²) in [5.41, 5.74) is 0.0466. The van der Waals surface area contributed by atoms with Gasteiger partial charge in [0.2, 0.25) is 0 Å². The van der Waals surface area contributed by atoms with Gasteiger partial charge in [0.1, 0.15) is 11.9 Å². The predicted molar refractivity (Wildman–Crippen MR) is 107 cm³/mol. The Morgan fingerprint density at radius 3 is 2.42 bits per heavy atom. The third-order valence-corrected chi connectivity index (χ3v) is 8.06. The Balaban J connectivity index is 1.67. The number of hydrogen-bond donors (Lipinski definition) is 1. The van der Waals surface area contributed by atoms with E-state index in [4.69, 9.17) is 0 Å². The third kappa shape index (κ3) is 4.41. The SMILES string of the molecule is Cc1cc(N2CC(S(=O)(=O)CC3CC3)CC2C(=O)O)n(-c2ccc(C(F)(F)F)cc2)n1. The van der Waals surface area contributed by atoms with E-state index in [1.54, 1.807) is 13.0 Å². The second-order valence-corrected chi connectivity index (χ2v) is 10.6. The molecule has 2 aromatic rings. The molecule has 1 aromatic heterocycles. The Hall–Kier alpha value is -2.56. The molecule has 31 heavy (non-hydrogen) atoms. The highest BCUT2D eigenvalue weighted by Gasteiger charge is 2.45. The summed E-state index contributed by atoms with van der Waals surface area (Å²) in [5, 5.41) is 13.2. The monoisotopic (exact) mass is 457 g/mol. The number of alkyl halides is 3. The van der Waals surface area contributed by atoms with Crippen molar-refractivity contribution in [3.05, 3.63) is 41.6 Å². The minimum Gasteiger partial charge on any atom is -0.480 e. The van der Waals surface area contributed by atoms with Crippen molar-refractivity contribution >= 4 is 21.6 Å². The molecule has 1 aromatic carbocycles. The molecule has 168 valence electrons. The minimum atomic E-state index is -4.48. The van der Waals surface area contributed by atoms with Gasteiger partial charge in [-0.25, -0.2) is 17.9 Å². The van der Waals surface area contributed by atoms with Gasteiger partial charge in [-0.2, -0.15) is 18.3 Å². The number of aromatic nitrogens is 2. The van der Waals surface area contributed by atoms with Gasteiger partial charge in [0.25, 0.3) is 0 Å². The summed E-state index contributed by atoms with van der Waals surface area (Å²) >= 11 is 0. The number of sulfone groups is 1. The van der Waals surface area contributed by atoms with Crippen LogP contribution in [0, 0.1) is 12.8 Å². The molecule has 7 nitrogen and oxygen atoms in total.